The molecule has 3 aromatic rings. The molecule has 156 valence electrons. The summed E-state index contributed by atoms with van der Waals surface area (Å²) < 4.78 is 20.0. The number of nitrogens with zero attached hydrogens (tertiary/aromatic N) is 3. The molecule has 0 atom stereocenters. The van der Waals surface area contributed by atoms with Gasteiger partial charge in [0.2, 0.25) is 5.91 Å². The molecule has 0 spiro atoms. The van der Waals surface area contributed by atoms with E-state index in [0.29, 0.717) is 5.69 Å². The van der Waals surface area contributed by atoms with Crippen molar-refractivity contribution in [2.24, 2.45) is 0 Å². The van der Waals surface area contributed by atoms with Crippen molar-refractivity contribution in [1.29, 1.82) is 0 Å². The van der Waals surface area contributed by atoms with Crippen molar-refractivity contribution < 1.29 is 13.9 Å². The summed E-state index contributed by atoms with van der Waals surface area (Å²) in [4.78, 5) is 14.8. The predicted molar refractivity (Wildman–Crippen MR) is 119 cm³/mol. The standard InChI is InChI=1S/C22H23FN4O2S/c1-29-19-8-2-16(3-9-19)20-14-27(25-22(20)26-10-12-30-13-11-26)15-21(28)24-18-6-4-17(23)5-7-18/h2-9,14H,10-13,15H2,1H3,(H,24,28). The van der Waals surface area contributed by atoms with E-state index in [2.05, 4.69) is 10.2 Å². The molecule has 1 fully saturated rings. The Morgan fingerprint density at radius 3 is 2.50 bits per heavy atom. The average Bonchev–Trinajstić information content (AvgIpc) is 3.19. The number of nitrogens with one attached hydrogen (secondary N) is 1. The third-order valence-corrected chi connectivity index (χ3v) is 5.83. The molecule has 0 aliphatic carbocycles. The molecule has 1 N–H and O–H groups in total. The second kappa shape index (κ2) is 9.21. The predicted octanol–water partition coefficient (Wildman–Crippen LogP) is 3.89. The van der Waals surface area contributed by atoms with Crippen molar-refractivity contribution in [2.75, 3.05) is 41.9 Å². The van der Waals surface area contributed by atoms with E-state index in [1.165, 1.54) is 24.3 Å². The largest absolute Gasteiger partial charge is 0.497 e. The Hall–Kier alpha value is -3.00. The van der Waals surface area contributed by atoms with Gasteiger partial charge < -0.3 is 15.0 Å². The minimum atomic E-state index is -0.339. The summed E-state index contributed by atoms with van der Waals surface area (Å²) in [7, 11) is 1.64. The molecule has 30 heavy (non-hydrogen) atoms. The van der Waals surface area contributed by atoms with E-state index in [9.17, 15) is 9.18 Å². The molecular formula is C22H23FN4O2S. The molecule has 2 heterocycles. The SMILES string of the molecule is COc1ccc(-c2cn(CC(=O)Nc3ccc(F)cc3)nc2N2CCSCC2)cc1. The molecule has 1 saturated heterocycles. The second-order valence-electron chi connectivity index (χ2n) is 6.95. The molecular weight excluding hydrogens is 403 g/mol. The molecule has 2 aromatic carbocycles. The third kappa shape index (κ3) is 4.76. The maximum atomic E-state index is 13.1. The normalized spacial score (nSPS) is 13.9. The first kappa shape index (κ1) is 20.3. The Balaban J connectivity index is 1.57. The highest BCUT2D eigenvalue weighted by molar-refractivity contribution is 7.99. The number of carbonyl (C=O) groups is 1. The van der Waals surface area contributed by atoms with Gasteiger partial charge in [0, 0.05) is 42.0 Å². The van der Waals surface area contributed by atoms with Crippen molar-refractivity contribution in [2.45, 2.75) is 6.54 Å². The smallest absolute Gasteiger partial charge is 0.246 e. The van der Waals surface area contributed by atoms with Gasteiger partial charge in [0.1, 0.15) is 18.1 Å². The molecule has 0 radical (unpaired) electrons. The van der Waals surface area contributed by atoms with Crippen molar-refractivity contribution in [3.8, 4) is 16.9 Å². The number of rotatable bonds is 6. The van der Waals surface area contributed by atoms with Gasteiger partial charge in [0.15, 0.2) is 5.82 Å². The Kier molecular flexibility index (Phi) is 6.23. The minimum absolute atomic E-state index is 0.0725. The van der Waals surface area contributed by atoms with Gasteiger partial charge in [-0.3, -0.25) is 9.48 Å². The first-order chi connectivity index (χ1) is 14.6. The van der Waals surface area contributed by atoms with Crippen LogP contribution in [0.5, 0.6) is 5.75 Å². The van der Waals surface area contributed by atoms with Crippen LogP contribution < -0.4 is 15.0 Å². The van der Waals surface area contributed by atoms with Crippen molar-refractivity contribution in [3.63, 3.8) is 0 Å². The molecule has 1 amide bonds. The first-order valence-electron chi connectivity index (χ1n) is 9.72. The van der Waals surface area contributed by atoms with Crippen LogP contribution in [-0.2, 0) is 11.3 Å². The van der Waals surface area contributed by atoms with Gasteiger partial charge in [-0.05, 0) is 42.0 Å². The quantitative estimate of drug-likeness (QED) is 0.648. The fourth-order valence-corrected chi connectivity index (χ4v) is 4.26. The van der Waals surface area contributed by atoms with Crippen LogP contribution in [0.4, 0.5) is 15.9 Å². The number of halogens is 1. The monoisotopic (exact) mass is 426 g/mol. The minimum Gasteiger partial charge on any atom is -0.497 e. The van der Waals surface area contributed by atoms with Crippen LogP contribution in [0.1, 0.15) is 0 Å². The number of amides is 1. The van der Waals surface area contributed by atoms with E-state index in [1.54, 1.807) is 11.8 Å². The summed E-state index contributed by atoms with van der Waals surface area (Å²) in [5, 5.41) is 7.51. The molecule has 0 unspecified atom stereocenters. The Morgan fingerprint density at radius 1 is 1.13 bits per heavy atom. The molecule has 1 aliphatic heterocycles. The molecule has 1 aliphatic rings. The lowest BCUT2D eigenvalue weighted by molar-refractivity contribution is -0.116. The van der Waals surface area contributed by atoms with Gasteiger partial charge >= 0.3 is 0 Å². The summed E-state index contributed by atoms with van der Waals surface area (Å²) in [6.07, 6.45) is 1.91. The highest BCUT2D eigenvalue weighted by Crippen LogP contribution is 2.32. The highest BCUT2D eigenvalue weighted by Gasteiger charge is 2.20. The molecule has 0 saturated carbocycles. The number of anilines is 2. The van der Waals surface area contributed by atoms with E-state index in [4.69, 9.17) is 9.84 Å². The van der Waals surface area contributed by atoms with Crippen molar-refractivity contribution in [3.05, 3.63) is 60.5 Å². The van der Waals surface area contributed by atoms with Crippen LogP contribution in [0.2, 0.25) is 0 Å². The van der Waals surface area contributed by atoms with Crippen LogP contribution in [0.15, 0.2) is 54.7 Å². The van der Waals surface area contributed by atoms with Gasteiger partial charge in [-0.1, -0.05) is 12.1 Å². The molecule has 1 aromatic heterocycles. The lowest BCUT2D eigenvalue weighted by atomic mass is 10.1. The Morgan fingerprint density at radius 2 is 1.83 bits per heavy atom. The zero-order valence-electron chi connectivity index (χ0n) is 16.7. The Labute approximate surface area is 179 Å². The number of ether oxygens (including phenoxy) is 1. The summed E-state index contributed by atoms with van der Waals surface area (Å²) in [6.45, 7) is 1.92. The lowest BCUT2D eigenvalue weighted by Gasteiger charge is -2.27. The van der Waals surface area contributed by atoms with E-state index in [1.807, 2.05) is 42.2 Å². The van der Waals surface area contributed by atoms with Crippen molar-refractivity contribution >= 4 is 29.2 Å². The van der Waals surface area contributed by atoms with Crippen LogP contribution in [0, 0.1) is 5.82 Å². The maximum absolute atomic E-state index is 13.1. The fraction of sp³-hybridized carbons (Fsp3) is 0.273. The third-order valence-electron chi connectivity index (χ3n) is 4.89. The number of methoxy groups -OCH3 is 1. The summed E-state index contributed by atoms with van der Waals surface area (Å²) in [5.41, 5.74) is 2.56. The molecule has 0 bridgehead atoms. The van der Waals surface area contributed by atoms with E-state index >= 15 is 0 Å². The van der Waals surface area contributed by atoms with Crippen LogP contribution in [0.3, 0.4) is 0 Å². The van der Waals surface area contributed by atoms with Gasteiger partial charge in [-0.15, -0.1) is 0 Å². The Bertz CT molecular complexity index is 999. The summed E-state index contributed by atoms with van der Waals surface area (Å²) >= 11 is 1.94. The molecule has 4 rings (SSSR count). The highest BCUT2D eigenvalue weighted by atomic mass is 32.2. The topological polar surface area (TPSA) is 59.4 Å². The average molecular weight is 427 g/mol. The van der Waals surface area contributed by atoms with Crippen LogP contribution in [-0.4, -0.2) is 47.4 Å². The number of aromatic nitrogens is 2. The number of hydrogen-bond donors (Lipinski definition) is 1. The lowest BCUT2D eigenvalue weighted by Crippen LogP contribution is -2.33. The molecule has 8 heteroatoms. The van der Waals surface area contributed by atoms with Crippen LogP contribution >= 0.6 is 11.8 Å². The number of benzene rings is 2. The van der Waals surface area contributed by atoms with Gasteiger partial charge in [-0.25, -0.2) is 4.39 Å². The van der Waals surface area contributed by atoms with E-state index in [-0.39, 0.29) is 18.3 Å². The van der Waals surface area contributed by atoms with Gasteiger partial charge in [0.25, 0.3) is 0 Å². The zero-order chi connectivity index (χ0) is 20.9. The first-order valence-corrected chi connectivity index (χ1v) is 10.9. The van der Waals surface area contributed by atoms with E-state index < -0.39 is 0 Å². The maximum Gasteiger partial charge on any atom is 0.246 e. The van der Waals surface area contributed by atoms with E-state index in [0.717, 1.165) is 47.3 Å². The summed E-state index contributed by atoms with van der Waals surface area (Å²) in [5.74, 6) is 3.23. The van der Waals surface area contributed by atoms with Gasteiger partial charge in [-0.2, -0.15) is 16.9 Å². The van der Waals surface area contributed by atoms with Gasteiger partial charge in [0.05, 0.1) is 7.11 Å². The molecule has 6 nitrogen and oxygen atoms in total. The second-order valence-corrected chi connectivity index (χ2v) is 8.17. The number of carbonyl (C=O) groups excluding carboxylic acids is 1. The number of hydrogen-bond acceptors (Lipinski definition) is 5. The summed E-state index contributed by atoms with van der Waals surface area (Å²) in [6, 6.07) is 13.6. The van der Waals surface area contributed by atoms with Crippen LogP contribution in [0.25, 0.3) is 11.1 Å². The van der Waals surface area contributed by atoms with Crippen molar-refractivity contribution in [1.82, 2.24) is 9.78 Å². The fourth-order valence-electron chi connectivity index (χ4n) is 3.36. The zero-order valence-corrected chi connectivity index (χ0v) is 17.5. The number of thioether (sulfide) groups is 1.